The lowest BCUT2D eigenvalue weighted by molar-refractivity contribution is 0.139. The molecule has 3 aliphatic rings. The second-order valence-electron chi connectivity index (χ2n) is 6.63. The fourth-order valence-corrected chi connectivity index (χ4v) is 4.25. The van der Waals surface area contributed by atoms with Crippen molar-refractivity contribution in [3.8, 4) is 0 Å². The van der Waals surface area contributed by atoms with Crippen LogP contribution in [0.1, 0.15) is 44.9 Å². The Morgan fingerprint density at radius 3 is 2.56 bits per heavy atom. The number of fused-ring (bicyclic) bond motifs is 1. The molecule has 0 amide bonds. The average molecular weight is 251 g/mol. The molecule has 3 fully saturated rings. The van der Waals surface area contributed by atoms with Crippen LogP contribution in [0.4, 0.5) is 0 Å². The summed E-state index contributed by atoms with van der Waals surface area (Å²) in [5.74, 6) is 0.964. The highest BCUT2D eigenvalue weighted by molar-refractivity contribution is 4.93. The summed E-state index contributed by atoms with van der Waals surface area (Å²) in [5.41, 5.74) is 6.15. The lowest BCUT2D eigenvalue weighted by Gasteiger charge is -2.36. The van der Waals surface area contributed by atoms with Gasteiger partial charge < -0.3 is 10.6 Å². The lowest BCUT2D eigenvalue weighted by atomic mass is 9.82. The molecule has 2 N–H and O–H groups in total. The zero-order chi connectivity index (χ0) is 12.4. The van der Waals surface area contributed by atoms with E-state index in [1.54, 1.807) is 0 Å². The van der Waals surface area contributed by atoms with Crippen LogP contribution in [0.25, 0.3) is 0 Å². The van der Waals surface area contributed by atoms with E-state index >= 15 is 0 Å². The van der Waals surface area contributed by atoms with Crippen LogP contribution in [0.3, 0.4) is 0 Å². The molecule has 0 radical (unpaired) electrons. The first-order chi connectivity index (χ1) is 8.83. The molecule has 3 rings (SSSR count). The van der Waals surface area contributed by atoms with Crippen molar-refractivity contribution in [2.24, 2.45) is 11.7 Å². The maximum absolute atomic E-state index is 6.15. The monoisotopic (exact) mass is 251 g/mol. The van der Waals surface area contributed by atoms with Crippen molar-refractivity contribution in [1.29, 1.82) is 0 Å². The molecule has 1 aliphatic carbocycles. The first-order valence-electron chi connectivity index (χ1n) is 8.05. The Morgan fingerprint density at radius 2 is 1.72 bits per heavy atom. The molecule has 0 aromatic carbocycles. The zero-order valence-corrected chi connectivity index (χ0v) is 11.7. The molecule has 104 valence electrons. The summed E-state index contributed by atoms with van der Waals surface area (Å²) in [4.78, 5) is 5.41. The number of rotatable bonds is 3. The third kappa shape index (κ3) is 2.89. The highest BCUT2D eigenvalue weighted by atomic mass is 15.2. The first kappa shape index (κ1) is 12.9. The van der Waals surface area contributed by atoms with Gasteiger partial charge >= 0.3 is 0 Å². The molecule has 2 heterocycles. The molecule has 2 aliphatic heterocycles. The second kappa shape index (κ2) is 5.89. The predicted molar refractivity (Wildman–Crippen MR) is 75.6 cm³/mol. The Labute approximate surface area is 112 Å². The zero-order valence-electron chi connectivity index (χ0n) is 11.7. The molecule has 0 aromatic heterocycles. The van der Waals surface area contributed by atoms with Crippen LogP contribution >= 0.6 is 0 Å². The van der Waals surface area contributed by atoms with Crippen LogP contribution in [-0.2, 0) is 0 Å². The predicted octanol–water partition coefficient (Wildman–Crippen LogP) is 1.67. The van der Waals surface area contributed by atoms with Crippen molar-refractivity contribution in [1.82, 2.24) is 9.80 Å². The van der Waals surface area contributed by atoms with Gasteiger partial charge in [-0.05, 0) is 64.1 Å². The molecular formula is C15H29N3. The molecule has 3 heteroatoms. The van der Waals surface area contributed by atoms with Crippen molar-refractivity contribution >= 4 is 0 Å². The molecule has 0 aromatic rings. The number of hydrogen-bond donors (Lipinski definition) is 1. The van der Waals surface area contributed by atoms with Gasteiger partial charge in [-0.3, -0.25) is 4.90 Å². The van der Waals surface area contributed by atoms with Gasteiger partial charge in [0.05, 0.1) is 0 Å². The maximum Gasteiger partial charge on any atom is 0.0139 e. The van der Waals surface area contributed by atoms with Crippen LogP contribution in [0.15, 0.2) is 0 Å². The van der Waals surface area contributed by atoms with Gasteiger partial charge in [0.25, 0.3) is 0 Å². The van der Waals surface area contributed by atoms with Gasteiger partial charge in [-0.25, -0.2) is 0 Å². The van der Waals surface area contributed by atoms with Gasteiger partial charge in [-0.2, -0.15) is 0 Å². The molecule has 18 heavy (non-hydrogen) atoms. The molecular weight excluding hydrogens is 222 g/mol. The van der Waals surface area contributed by atoms with Crippen molar-refractivity contribution < 1.29 is 0 Å². The van der Waals surface area contributed by atoms with Gasteiger partial charge in [0.2, 0.25) is 0 Å². The summed E-state index contributed by atoms with van der Waals surface area (Å²) in [6.45, 7) is 6.57. The highest BCUT2D eigenvalue weighted by Gasteiger charge is 2.37. The van der Waals surface area contributed by atoms with Crippen LogP contribution in [-0.4, -0.2) is 54.6 Å². The van der Waals surface area contributed by atoms with Gasteiger partial charge in [0.15, 0.2) is 0 Å². The summed E-state index contributed by atoms with van der Waals surface area (Å²) in [6, 6.07) is 1.29. The molecule has 1 saturated carbocycles. The van der Waals surface area contributed by atoms with Gasteiger partial charge in [-0.15, -0.1) is 0 Å². The van der Waals surface area contributed by atoms with E-state index in [9.17, 15) is 0 Å². The average Bonchev–Trinajstić information content (AvgIpc) is 2.80. The molecule has 3 nitrogen and oxygen atoms in total. The number of nitrogens with two attached hydrogens (primary N) is 1. The lowest BCUT2D eigenvalue weighted by Crippen LogP contribution is -2.45. The quantitative estimate of drug-likeness (QED) is 0.828. The molecule has 0 spiro atoms. The van der Waals surface area contributed by atoms with Crippen LogP contribution in [0.2, 0.25) is 0 Å². The van der Waals surface area contributed by atoms with Crippen LogP contribution in [0, 0.1) is 5.92 Å². The third-order valence-electron chi connectivity index (χ3n) is 5.40. The minimum Gasteiger partial charge on any atom is -0.328 e. The summed E-state index contributed by atoms with van der Waals surface area (Å²) in [5, 5.41) is 0. The van der Waals surface area contributed by atoms with Crippen molar-refractivity contribution in [3.05, 3.63) is 0 Å². The highest BCUT2D eigenvalue weighted by Crippen LogP contribution is 2.35. The largest absolute Gasteiger partial charge is 0.328 e. The van der Waals surface area contributed by atoms with E-state index in [0.29, 0.717) is 6.04 Å². The van der Waals surface area contributed by atoms with Crippen LogP contribution < -0.4 is 5.73 Å². The van der Waals surface area contributed by atoms with Crippen LogP contribution in [0.5, 0.6) is 0 Å². The summed E-state index contributed by atoms with van der Waals surface area (Å²) >= 11 is 0. The van der Waals surface area contributed by atoms with E-state index in [4.69, 9.17) is 5.73 Å². The summed E-state index contributed by atoms with van der Waals surface area (Å²) in [7, 11) is 0. The summed E-state index contributed by atoms with van der Waals surface area (Å²) < 4.78 is 0. The third-order valence-corrected chi connectivity index (χ3v) is 5.40. The second-order valence-corrected chi connectivity index (χ2v) is 6.63. The smallest absolute Gasteiger partial charge is 0.0139 e. The normalized spacial score (nSPS) is 38.8. The number of piperidine rings is 1. The van der Waals surface area contributed by atoms with E-state index in [0.717, 1.165) is 12.0 Å². The first-order valence-corrected chi connectivity index (χ1v) is 8.05. The van der Waals surface area contributed by atoms with E-state index in [1.165, 1.54) is 77.7 Å². The van der Waals surface area contributed by atoms with E-state index < -0.39 is 0 Å². The van der Waals surface area contributed by atoms with Crippen molar-refractivity contribution in [2.75, 3.05) is 32.7 Å². The fourth-order valence-electron chi connectivity index (χ4n) is 4.25. The Morgan fingerprint density at radius 1 is 0.889 bits per heavy atom. The Bertz CT molecular complexity index is 262. The van der Waals surface area contributed by atoms with E-state index in [-0.39, 0.29) is 0 Å². The van der Waals surface area contributed by atoms with E-state index in [2.05, 4.69) is 9.80 Å². The molecule has 3 atom stereocenters. The van der Waals surface area contributed by atoms with Crippen molar-refractivity contribution in [3.63, 3.8) is 0 Å². The topological polar surface area (TPSA) is 32.5 Å². The SMILES string of the molecule is NC1CCC2CCN(CCN3CCCCC3)C2C1. The number of hydrogen-bond acceptors (Lipinski definition) is 3. The van der Waals surface area contributed by atoms with Gasteiger partial charge in [0.1, 0.15) is 0 Å². The Hall–Kier alpha value is -0.120. The maximum atomic E-state index is 6.15. The standard InChI is InChI=1S/C15H29N3/c16-14-5-4-13-6-9-18(15(13)12-14)11-10-17-7-2-1-3-8-17/h13-15H,1-12,16H2. The van der Waals surface area contributed by atoms with Gasteiger partial charge in [-0.1, -0.05) is 6.42 Å². The van der Waals surface area contributed by atoms with E-state index in [1.807, 2.05) is 0 Å². The molecule has 2 saturated heterocycles. The fraction of sp³-hybridized carbons (Fsp3) is 1.00. The number of nitrogens with zero attached hydrogens (tertiary/aromatic N) is 2. The number of likely N-dealkylation sites (tertiary alicyclic amines) is 2. The minimum atomic E-state index is 0.474. The summed E-state index contributed by atoms with van der Waals surface area (Å²) in [6.07, 6.45) is 9.60. The minimum absolute atomic E-state index is 0.474. The molecule has 3 unspecified atom stereocenters. The Kier molecular flexibility index (Phi) is 4.22. The molecule has 0 bridgehead atoms. The van der Waals surface area contributed by atoms with Gasteiger partial charge in [0, 0.05) is 25.2 Å². The van der Waals surface area contributed by atoms with Crippen molar-refractivity contribution in [2.45, 2.75) is 57.0 Å². The Balaban J connectivity index is 1.47.